The van der Waals surface area contributed by atoms with Crippen molar-refractivity contribution in [2.75, 3.05) is 26.7 Å². The number of halogens is 1. The number of hydrogen-bond donors (Lipinski definition) is 6. The lowest BCUT2D eigenvalue weighted by molar-refractivity contribution is -0.141. The number of carbonyl (C=O) groups is 3. The molecule has 1 aromatic heterocycles. The van der Waals surface area contributed by atoms with Gasteiger partial charge in [-0.15, -0.1) is 23.4 Å². The smallest absolute Gasteiger partial charge is 0.246 e. The van der Waals surface area contributed by atoms with Gasteiger partial charge in [-0.25, -0.2) is 0 Å². The van der Waals surface area contributed by atoms with Crippen molar-refractivity contribution in [3.63, 3.8) is 0 Å². The second kappa shape index (κ2) is 18.2. The van der Waals surface area contributed by atoms with Gasteiger partial charge in [-0.3, -0.25) is 14.4 Å². The second-order valence-electron chi connectivity index (χ2n) is 11.2. The number of nitrogens with one attached hydrogen (secondary N) is 4. The van der Waals surface area contributed by atoms with E-state index in [1.165, 1.54) is 4.90 Å². The molecule has 45 heavy (non-hydrogen) atoms. The number of likely N-dealkylation sites (N-methyl/N-ethyl adjacent to an activating group) is 2. The zero-order chi connectivity index (χ0) is 32.9. The number of nitrogens with zero attached hydrogens (tertiary/aromatic N) is 1. The zero-order valence-electron chi connectivity index (χ0n) is 26.6. The van der Waals surface area contributed by atoms with Crippen LogP contribution in [0.3, 0.4) is 0 Å². The first-order valence-electron chi connectivity index (χ1n) is 15.5. The summed E-state index contributed by atoms with van der Waals surface area (Å²) in [7, 11) is 1.58. The van der Waals surface area contributed by atoms with Gasteiger partial charge in [-0.2, -0.15) is 0 Å². The third-order valence-electron chi connectivity index (χ3n) is 7.89. The lowest BCUT2D eigenvalue weighted by atomic mass is 10.0. The van der Waals surface area contributed by atoms with Gasteiger partial charge in [0.1, 0.15) is 12.1 Å². The van der Waals surface area contributed by atoms with E-state index in [0.29, 0.717) is 38.9 Å². The molecule has 3 amide bonds. The third-order valence-corrected chi connectivity index (χ3v) is 9.85. The molecule has 0 aliphatic carbocycles. The van der Waals surface area contributed by atoms with Crippen LogP contribution < -0.4 is 27.4 Å². The highest BCUT2D eigenvalue weighted by atomic mass is 35.5. The number of alkyl halides is 1. The highest BCUT2D eigenvalue weighted by Gasteiger charge is 2.33. The van der Waals surface area contributed by atoms with E-state index in [9.17, 15) is 14.4 Å². The fourth-order valence-electron chi connectivity index (χ4n) is 5.04. The van der Waals surface area contributed by atoms with Gasteiger partial charge in [0, 0.05) is 65.7 Å². The lowest BCUT2D eigenvalue weighted by Gasteiger charge is -2.31. The molecule has 8 N–H and O–H groups in total. The molecular formula is C33H48ClN7O3S. The quantitative estimate of drug-likeness (QED) is 0.0906. The number of benzene rings is 2. The number of hydrogen-bond acceptors (Lipinski definition) is 7. The fourth-order valence-corrected chi connectivity index (χ4v) is 6.23. The number of carbonyl (C=O) groups excluding carboxylic acids is 3. The van der Waals surface area contributed by atoms with Crippen molar-refractivity contribution in [2.24, 2.45) is 11.5 Å². The van der Waals surface area contributed by atoms with Crippen LogP contribution in [0.4, 0.5) is 0 Å². The van der Waals surface area contributed by atoms with E-state index >= 15 is 0 Å². The summed E-state index contributed by atoms with van der Waals surface area (Å²) in [4.78, 5) is 46.2. The highest BCUT2D eigenvalue weighted by molar-refractivity contribution is 8.00. The summed E-state index contributed by atoms with van der Waals surface area (Å²) in [5.41, 5.74) is 14.7. The molecule has 3 rings (SSSR count). The molecule has 2 aromatic carbocycles. The molecule has 0 aliphatic heterocycles. The van der Waals surface area contributed by atoms with Crippen LogP contribution in [0.2, 0.25) is 0 Å². The van der Waals surface area contributed by atoms with E-state index in [2.05, 4.69) is 27.9 Å². The van der Waals surface area contributed by atoms with Gasteiger partial charge in [0.2, 0.25) is 17.7 Å². The van der Waals surface area contributed by atoms with Gasteiger partial charge in [0.25, 0.3) is 0 Å². The Labute approximate surface area is 275 Å². The number of thioether (sulfide) groups is 1. The Morgan fingerprint density at radius 3 is 2.40 bits per heavy atom. The third kappa shape index (κ3) is 10.2. The van der Waals surface area contributed by atoms with Gasteiger partial charge < -0.3 is 37.3 Å². The number of aromatic nitrogens is 1. The van der Waals surface area contributed by atoms with Crippen molar-refractivity contribution in [2.45, 2.75) is 80.2 Å². The van der Waals surface area contributed by atoms with Gasteiger partial charge in [-0.05, 0) is 56.5 Å². The first-order chi connectivity index (χ1) is 21.6. The first kappa shape index (κ1) is 36.4. The normalized spacial score (nSPS) is 14.7. The molecule has 0 fully saturated rings. The van der Waals surface area contributed by atoms with E-state index in [1.807, 2.05) is 68.6 Å². The summed E-state index contributed by atoms with van der Waals surface area (Å²) in [5, 5.41) is 10.2. The molecule has 5 atom stereocenters. The van der Waals surface area contributed by atoms with Gasteiger partial charge in [0.15, 0.2) is 0 Å². The molecule has 1 unspecified atom stereocenters. The van der Waals surface area contributed by atoms with E-state index < -0.39 is 24.0 Å². The topological polar surface area (TPSA) is 158 Å². The number of rotatable bonds is 18. The largest absolute Gasteiger partial charge is 0.361 e. The number of amides is 3. The van der Waals surface area contributed by atoms with Gasteiger partial charge in [-0.1, -0.05) is 43.3 Å². The molecule has 246 valence electrons. The van der Waals surface area contributed by atoms with E-state index in [0.717, 1.165) is 26.9 Å². The molecule has 0 saturated carbocycles. The first-order valence-corrected chi connectivity index (χ1v) is 16.8. The van der Waals surface area contributed by atoms with E-state index in [4.69, 9.17) is 23.1 Å². The number of fused-ring (bicyclic) bond motifs is 1. The maximum Gasteiger partial charge on any atom is 0.246 e. The Morgan fingerprint density at radius 2 is 1.71 bits per heavy atom. The molecule has 1 heterocycles. The molecule has 0 aliphatic rings. The van der Waals surface area contributed by atoms with Crippen LogP contribution in [0.25, 0.3) is 10.9 Å². The molecule has 10 nitrogen and oxygen atoms in total. The van der Waals surface area contributed by atoms with E-state index in [-0.39, 0.29) is 29.0 Å². The number of aromatic amines is 1. The van der Waals surface area contributed by atoms with Crippen molar-refractivity contribution < 1.29 is 14.4 Å². The van der Waals surface area contributed by atoms with Crippen LogP contribution in [0.1, 0.15) is 44.7 Å². The monoisotopic (exact) mass is 657 g/mol. The summed E-state index contributed by atoms with van der Waals surface area (Å²) in [6, 6.07) is 13.4. The summed E-state index contributed by atoms with van der Waals surface area (Å²) in [5.74, 6) is -1.07. The van der Waals surface area contributed by atoms with Crippen LogP contribution in [-0.2, 0) is 27.3 Å². The molecular weight excluding hydrogens is 610 g/mol. The Morgan fingerprint density at radius 1 is 1.00 bits per heavy atom. The van der Waals surface area contributed by atoms with Crippen molar-refractivity contribution in [3.8, 4) is 0 Å². The van der Waals surface area contributed by atoms with Crippen molar-refractivity contribution in [3.05, 3.63) is 65.9 Å². The predicted molar refractivity (Wildman–Crippen MR) is 184 cm³/mol. The summed E-state index contributed by atoms with van der Waals surface area (Å²) >= 11 is 8.01. The average molecular weight is 658 g/mol. The summed E-state index contributed by atoms with van der Waals surface area (Å²) in [6.07, 6.45) is 3.25. The van der Waals surface area contributed by atoms with Crippen molar-refractivity contribution in [1.82, 2.24) is 25.8 Å². The Balaban J connectivity index is 1.74. The fraction of sp³-hybridized carbons (Fsp3) is 0.485. The van der Waals surface area contributed by atoms with Crippen LogP contribution >= 0.6 is 23.4 Å². The molecule has 12 heteroatoms. The molecule has 3 aromatic rings. The molecule has 0 spiro atoms. The maximum atomic E-state index is 13.8. The standard InChI is InChI=1S/C33H48ClN7O3S/c1-5-37-32(43)29(17-24-20-38-26-13-8-7-12-25(24)26)41(4)33(44)28(18-36)40-31(42)27(14-10-16-35)39-19-23-11-6-9-15-30(23)45-22(3)21(2)34/h6-9,11-13,15,20-22,27-29,38-39H,5,10,14,16-19,35-36H2,1-4H3,(H,37,43)(H,40,42)/t21-,22?,27+,28+,29+/m1/s1. The minimum atomic E-state index is -1.02. The number of nitrogens with two attached hydrogens (primary N) is 2. The van der Waals surface area contributed by atoms with Crippen LogP contribution in [0.15, 0.2) is 59.6 Å². The van der Waals surface area contributed by atoms with Gasteiger partial charge >= 0.3 is 0 Å². The lowest BCUT2D eigenvalue weighted by Crippen LogP contribution is -2.59. The van der Waals surface area contributed by atoms with E-state index in [1.54, 1.807) is 18.8 Å². The van der Waals surface area contributed by atoms with Gasteiger partial charge in [0.05, 0.1) is 6.04 Å². The summed E-state index contributed by atoms with van der Waals surface area (Å²) < 4.78 is 0. The Bertz CT molecular complexity index is 1400. The highest BCUT2D eigenvalue weighted by Crippen LogP contribution is 2.30. The zero-order valence-corrected chi connectivity index (χ0v) is 28.2. The average Bonchev–Trinajstić information content (AvgIpc) is 3.45. The maximum absolute atomic E-state index is 13.8. The summed E-state index contributed by atoms with van der Waals surface area (Å²) in [6.45, 7) is 7.05. The van der Waals surface area contributed by atoms with Crippen LogP contribution in [0.5, 0.6) is 0 Å². The van der Waals surface area contributed by atoms with Crippen molar-refractivity contribution >= 4 is 52.0 Å². The number of H-pyrrole nitrogens is 1. The Hall–Kier alpha value is -3.09. The minimum absolute atomic E-state index is 0.00188. The molecule has 0 bridgehead atoms. The predicted octanol–water partition coefficient (Wildman–Crippen LogP) is 3.12. The number of para-hydroxylation sites is 1. The van der Waals surface area contributed by atoms with Crippen LogP contribution in [-0.4, -0.2) is 83.0 Å². The second-order valence-corrected chi connectivity index (χ2v) is 13.3. The SMILES string of the molecule is CCNC(=O)[C@H](Cc1c[nH]c2ccccc12)N(C)C(=O)[C@H](CN)NC(=O)[C@H](CCCN)NCc1ccccc1SC(C)[C@@H](C)Cl. The van der Waals surface area contributed by atoms with Crippen LogP contribution in [0, 0.1) is 0 Å². The molecule has 0 radical (unpaired) electrons. The minimum Gasteiger partial charge on any atom is -0.361 e. The van der Waals surface area contributed by atoms with Crippen molar-refractivity contribution in [1.29, 1.82) is 0 Å². The Kier molecular flexibility index (Phi) is 14.7. The molecule has 0 saturated heterocycles.